The monoisotopic (exact) mass is 279 g/mol. The Bertz CT molecular complexity index is 456. The van der Waals surface area contributed by atoms with E-state index in [1.165, 1.54) is 5.56 Å². The van der Waals surface area contributed by atoms with E-state index in [2.05, 4.69) is 41.6 Å². The number of halogens is 1. The second kappa shape index (κ2) is 6.29. The Labute approximate surface area is 120 Å². The van der Waals surface area contributed by atoms with Crippen molar-refractivity contribution in [3.8, 4) is 0 Å². The Kier molecular flexibility index (Phi) is 4.70. The van der Waals surface area contributed by atoms with Crippen molar-refractivity contribution in [2.24, 2.45) is 10.9 Å². The molecule has 2 N–H and O–H groups in total. The quantitative estimate of drug-likeness (QED) is 0.657. The number of guanidine groups is 1. The zero-order chi connectivity index (χ0) is 13.8. The summed E-state index contributed by atoms with van der Waals surface area (Å²) >= 11 is 6.03. The molecule has 104 valence electrons. The standard InChI is InChI=1S/C15H22ClN3/c1-10(2)9-18-15(17-3)19-14-8-13(14)11-5-4-6-12(16)7-11/h4-7,10,13-14H,8-9H2,1-3H3,(H2,17,18,19). The Hall–Kier alpha value is -1.22. The molecule has 2 atom stereocenters. The Morgan fingerprint density at radius 2 is 2.26 bits per heavy atom. The highest BCUT2D eigenvalue weighted by atomic mass is 35.5. The second-order valence-corrected chi connectivity index (χ2v) is 5.93. The predicted molar refractivity (Wildman–Crippen MR) is 81.9 cm³/mol. The zero-order valence-electron chi connectivity index (χ0n) is 11.8. The molecule has 2 rings (SSSR count). The summed E-state index contributed by atoms with van der Waals surface area (Å²) in [7, 11) is 1.81. The molecule has 2 unspecified atom stereocenters. The molecule has 0 bridgehead atoms. The molecule has 0 heterocycles. The summed E-state index contributed by atoms with van der Waals surface area (Å²) in [5.74, 6) is 2.06. The van der Waals surface area contributed by atoms with Gasteiger partial charge in [-0.05, 0) is 30.0 Å². The van der Waals surface area contributed by atoms with Gasteiger partial charge in [0.05, 0.1) is 0 Å². The first kappa shape index (κ1) is 14.2. The highest BCUT2D eigenvalue weighted by Gasteiger charge is 2.39. The van der Waals surface area contributed by atoms with Crippen LogP contribution in [-0.2, 0) is 0 Å². The van der Waals surface area contributed by atoms with E-state index in [4.69, 9.17) is 11.6 Å². The van der Waals surface area contributed by atoms with E-state index < -0.39 is 0 Å². The summed E-state index contributed by atoms with van der Waals surface area (Å²) in [6.45, 7) is 5.31. The summed E-state index contributed by atoms with van der Waals surface area (Å²) < 4.78 is 0. The van der Waals surface area contributed by atoms with E-state index in [1.54, 1.807) is 0 Å². The van der Waals surface area contributed by atoms with Crippen LogP contribution in [0.3, 0.4) is 0 Å². The number of rotatable bonds is 4. The van der Waals surface area contributed by atoms with Crippen LogP contribution < -0.4 is 10.6 Å². The largest absolute Gasteiger partial charge is 0.356 e. The topological polar surface area (TPSA) is 36.4 Å². The van der Waals surface area contributed by atoms with Crippen molar-refractivity contribution in [1.29, 1.82) is 0 Å². The first-order valence-electron chi connectivity index (χ1n) is 6.82. The second-order valence-electron chi connectivity index (χ2n) is 5.49. The van der Waals surface area contributed by atoms with Crippen molar-refractivity contribution in [3.63, 3.8) is 0 Å². The molecule has 1 aromatic rings. The molecule has 0 amide bonds. The number of hydrogen-bond acceptors (Lipinski definition) is 1. The van der Waals surface area contributed by atoms with Gasteiger partial charge >= 0.3 is 0 Å². The molecule has 1 aliphatic rings. The summed E-state index contributed by atoms with van der Waals surface area (Å²) in [5, 5.41) is 7.61. The maximum atomic E-state index is 6.03. The minimum absolute atomic E-state index is 0.469. The lowest BCUT2D eigenvalue weighted by Gasteiger charge is -2.13. The molecule has 0 aliphatic heterocycles. The van der Waals surface area contributed by atoms with Gasteiger partial charge in [-0.15, -0.1) is 0 Å². The molecular formula is C15H22ClN3. The Morgan fingerprint density at radius 3 is 2.89 bits per heavy atom. The van der Waals surface area contributed by atoms with Crippen molar-refractivity contribution in [3.05, 3.63) is 34.9 Å². The highest BCUT2D eigenvalue weighted by Crippen LogP contribution is 2.41. The van der Waals surface area contributed by atoms with Crippen LogP contribution in [0.1, 0.15) is 31.7 Å². The lowest BCUT2D eigenvalue weighted by Crippen LogP contribution is -2.40. The minimum atomic E-state index is 0.469. The normalized spacial score (nSPS) is 22.5. The lowest BCUT2D eigenvalue weighted by atomic mass is 10.1. The fourth-order valence-corrected chi connectivity index (χ4v) is 2.33. The average Bonchev–Trinajstić information content (AvgIpc) is 3.13. The maximum Gasteiger partial charge on any atom is 0.191 e. The number of hydrogen-bond donors (Lipinski definition) is 2. The molecule has 1 aromatic carbocycles. The van der Waals surface area contributed by atoms with Gasteiger partial charge in [0, 0.05) is 30.6 Å². The van der Waals surface area contributed by atoms with Crippen molar-refractivity contribution >= 4 is 17.6 Å². The molecule has 0 saturated heterocycles. The van der Waals surface area contributed by atoms with Crippen LogP contribution in [-0.4, -0.2) is 25.6 Å². The summed E-state index contributed by atoms with van der Waals surface area (Å²) in [5.41, 5.74) is 1.31. The summed E-state index contributed by atoms with van der Waals surface area (Å²) in [6.07, 6.45) is 1.14. The van der Waals surface area contributed by atoms with E-state index in [1.807, 2.05) is 19.2 Å². The van der Waals surface area contributed by atoms with Crippen molar-refractivity contribution in [2.75, 3.05) is 13.6 Å². The molecule has 19 heavy (non-hydrogen) atoms. The average molecular weight is 280 g/mol. The van der Waals surface area contributed by atoms with Crippen LogP contribution in [0.15, 0.2) is 29.3 Å². The fourth-order valence-electron chi connectivity index (χ4n) is 2.13. The third-order valence-electron chi connectivity index (χ3n) is 3.29. The van der Waals surface area contributed by atoms with Gasteiger partial charge in [0.1, 0.15) is 0 Å². The zero-order valence-corrected chi connectivity index (χ0v) is 12.5. The SMILES string of the molecule is CN=C(NCC(C)C)NC1CC1c1cccc(Cl)c1. The van der Waals surface area contributed by atoms with Crippen LogP contribution >= 0.6 is 11.6 Å². The van der Waals surface area contributed by atoms with E-state index in [-0.39, 0.29) is 0 Å². The number of aliphatic imine (C=N–C) groups is 1. The van der Waals surface area contributed by atoms with Gasteiger partial charge < -0.3 is 10.6 Å². The van der Waals surface area contributed by atoms with Crippen molar-refractivity contribution in [1.82, 2.24) is 10.6 Å². The fraction of sp³-hybridized carbons (Fsp3) is 0.533. The molecule has 0 aromatic heterocycles. The Morgan fingerprint density at radius 1 is 1.47 bits per heavy atom. The van der Waals surface area contributed by atoms with Gasteiger partial charge in [-0.1, -0.05) is 37.6 Å². The van der Waals surface area contributed by atoms with Gasteiger partial charge in [-0.3, -0.25) is 4.99 Å². The van der Waals surface area contributed by atoms with Crippen LogP contribution in [0.25, 0.3) is 0 Å². The first-order valence-corrected chi connectivity index (χ1v) is 7.20. The molecule has 3 nitrogen and oxygen atoms in total. The van der Waals surface area contributed by atoms with E-state index in [0.29, 0.717) is 17.9 Å². The summed E-state index contributed by atoms with van der Waals surface area (Å²) in [6, 6.07) is 8.59. The molecule has 0 radical (unpaired) electrons. The lowest BCUT2D eigenvalue weighted by molar-refractivity contribution is 0.613. The predicted octanol–water partition coefficient (Wildman–Crippen LogP) is 3.02. The van der Waals surface area contributed by atoms with Gasteiger partial charge in [0.15, 0.2) is 5.96 Å². The van der Waals surface area contributed by atoms with Gasteiger partial charge in [0.2, 0.25) is 0 Å². The van der Waals surface area contributed by atoms with Crippen LogP contribution in [0, 0.1) is 5.92 Å². The maximum absolute atomic E-state index is 6.03. The molecule has 4 heteroatoms. The Balaban J connectivity index is 1.86. The van der Waals surface area contributed by atoms with Crippen LogP contribution in [0.4, 0.5) is 0 Å². The third-order valence-corrected chi connectivity index (χ3v) is 3.53. The van der Waals surface area contributed by atoms with Gasteiger partial charge in [-0.2, -0.15) is 0 Å². The van der Waals surface area contributed by atoms with Crippen LogP contribution in [0.5, 0.6) is 0 Å². The molecule has 0 spiro atoms. The van der Waals surface area contributed by atoms with Gasteiger partial charge in [0.25, 0.3) is 0 Å². The molecular weight excluding hydrogens is 258 g/mol. The van der Waals surface area contributed by atoms with E-state index >= 15 is 0 Å². The van der Waals surface area contributed by atoms with Crippen molar-refractivity contribution in [2.45, 2.75) is 32.2 Å². The highest BCUT2D eigenvalue weighted by molar-refractivity contribution is 6.30. The van der Waals surface area contributed by atoms with E-state index in [0.717, 1.165) is 23.9 Å². The van der Waals surface area contributed by atoms with Gasteiger partial charge in [-0.25, -0.2) is 0 Å². The minimum Gasteiger partial charge on any atom is -0.356 e. The molecule has 1 saturated carbocycles. The number of nitrogens with one attached hydrogen (secondary N) is 2. The number of nitrogens with zero attached hydrogens (tertiary/aromatic N) is 1. The summed E-state index contributed by atoms with van der Waals surface area (Å²) in [4.78, 5) is 4.25. The van der Waals surface area contributed by atoms with Crippen LogP contribution in [0.2, 0.25) is 5.02 Å². The smallest absolute Gasteiger partial charge is 0.191 e. The van der Waals surface area contributed by atoms with E-state index in [9.17, 15) is 0 Å². The van der Waals surface area contributed by atoms with Crippen molar-refractivity contribution < 1.29 is 0 Å². The molecule has 1 aliphatic carbocycles. The molecule has 1 fully saturated rings. The third kappa shape index (κ3) is 4.13. The first-order chi connectivity index (χ1) is 9.10. The number of benzene rings is 1.